The second-order valence-corrected chi connectivity index (χ2v) is 2.57. The molecule has 0 heterocycles. The van der Waals surface area contributed by atoms with E-state index in [9.17, 15) is 19.5 Å². The first-order chi connectivity index (χ1) is 6.31. The van der Waals surface area contributed by atoms with Crippen molar-refractivity contribution in [3.63, 3.8) is 0 Å². The van der Waals surface area contributed by atoms with E-state index < -0.39 is 36.4 Å². The number of hydrogen-bond donors (Lipinski definition) is 3. The summed E-state index contributed by atoms with van der Waals surface area (Å²) in [6.45, 7) is 0. The molecular weight excluding hydrogens is 218 g/mol. The molecule has 0 bridgehead atoms. The molecule has 78 valence electrons. The Labute approximate surface area is 110 Å². The Morgan fingerprint density at radius 1 is 1.27 bits per heavy atom. The molecule has 0 spiro atoms. The Morgan fingerprint density at radius 3 is 2.00 bits per heavy atom. The van der Waals surface area contributed by atoms with Gasteiger partial charge in [-0.2, -0.15) is 0 Å². The topological polar surface area (TPSA) is 121 Å². The summed E-state index contributed by atoms with van der Waals surface area (Å²) in [5, 5.41) is 26.0. The van der Waals surface area contributed by atoms with E-state index in [1.807, 2.05) is 0 Å². The third-order valence-corrected chi connectivity index (χ3v) is 1.41. The number of aliphatic hydroxyl groups is 1. The molecule has 0 saturated carbocycles. The zero-order valence-electron chi connectivity index (χ0n) is 8.97. The Hall–Kier alpha value is -0.565. The number of rotatable bonds is 5. The maximum absolute atomic E-state index is 10.5. The van der Waals surface area contributed by atoms with Gasteiger partial charge in [0.15, 0.2) is 5.60 Å². The molecule has 0 aromatic carbocycles. The van der Waals surface area contributed by atoms with Crippen LogP contribution in [0.1, 0.15) is 14.3 Å². The third-order valence-electron chi connectivity index (χ3n) is 1.41. The van der Waals surface area contributed by atoms with E-state index in [0.29, 0.717) is 0 Å². The maximum Gasteiger partial charge on any atom is 1.00 e. The third kappa shape index (κ3) is 5.78. The zero-order valence-corrected chi connectivity index (χ0v) is 9.97. The van der Waals surface area contributed by atoms with Gasteiger partial charge in [-0.1, -0.05) is 0 Å². The van der Waals surface area contributed by atoms with Gasteiger partial charge >= 0.3 is 49.5 Å². The summed E-state index contributed by atoms with van der Waals surface area (Å²) in [7, 11) is 4.41. The number of aliphatic carboxylic acids is 2. The van der Waals surface area contributed by atoms with Gasteiger partial charge in [0.1, 0.15) is 0 Å². The van der Waals surface area contributed by atoms with Crippen LogP contribution in [0.2, 0.25) is 0 Å². The molecule has 0 aliphatic heterocycles. The second-order valence-electron chi connectivity index (χ2n) is 2.57. The molecule has 0 fully saturated rings. The minimum atomic E-state index is -2.69. The van der Waals surface area contributed by atoms with Crippen LogP contribution in [0, 0.1) is 0 Å². The Morgan fingerprint density at radius 2 is 1.73 bits per heavy atom. The first kappa shape index (κ1) is 16.8. The first-order valence-corrected chi connectivity index (χ1v) is 3.39. The fourth-order valence-electron chi connectivity index (χ4n) is 0.744. The van der Waals surface area contributed by atoms with Gasteiger partial charge in [0.05, 0.1) is 12.8 Å². The van der Waals surface area contributed by atoms with Crippen molar-refractivity contribution >= 4 is 26.0 Å². The fraction of sp³-hybridized carbons (Fsp3) is 0.500. The molecule has 1 unspecified atom stereocenters. The van der Waals surface area contributed by atoms with Crippen molar-refractivity contribution in [2.75, 3.05) is 0 Å². The van der Waals surface area contributed by atoms with Crippen molar-refractivity contribution in [3.8, 4) is 0 Å². The van der Waals surface area contributed by atoms with Crippen molar-refractivity contribution in [2.45, 2.75) is 18.4 Å². The molecule has 3 N–H and O–H groups in total. The van der Waals surface area contributed by atoms with Gasteiger partial charge < -0.3 is 21.4 Å². The smallest absolute Gasteiger partial charge is 1.00 e. The molecule has 0 amide bonds. The molecule has 15 heavy (non-hydrogen) atoms. The number of carboxylic acids is 2. The van der Waals surface area contributed by atoms with Crippen LogP contribution in [0.25, 0.3) is 0 Å². The molecule has 0 aliphatic carbocycles. The zero-order chi connectivity index (χ0) is 11.4. The number of hydrogen-bond acceptors (Lipinski definition) is 5. The monoisotopic (exact) mass is 226 g/mol. The van der Waals surface area contributed by atoms with E-state index in [0.717, 1.165) is 0 Å². The maximum atomic E-state index is 10.5. The summed E-state index contributed by atoms with van der Waals surface area (Å²) in [5.41, 5.74) is -2.69. The fourth-order valence-corrected chi connectivity index (χ4v) is 0.744. The second kappa shape index (κ2) is 6.83. The molecule has 9 heteroatoms. The van der Waals surface area contributed by atoms with E-state index in [4.69, 9.17) is 10.2 Å². The summed E-state index contributed by atoms with van der Waals surface area (Å²) < 4.78 is 3.62. The van der Waals surface area contributed by atoms with Crippen molar-refractivity contribution in [1.82, 2.24) is 0 Å². The van der Waals surface area contributed by atoms with Gasteiger partial charge in [0.25, 0.3) is 5.97 Å². The number of carboxylic acid groups (broad SMARTS) is 2. The molecule has 2 radical (unpaired) electrons. The van der Waals surface area contributed by atoms with Crippen molar-refractivity contribution in [3.05, 3.63) is 0 Å². The van der Waals surface area contributed by atoms with Gasteiger partial charge in [-0.25, -0.2) is 4.79 Å². The van der Waals surface area contributed by atoms with Crippen LogP contribution < -0.4 is 29.6 Å². The number of carbonyl (C=O) groups is 3. The molecule has 1 atom stereocenters. The van der Waals surface area contributed by atoms with Gasteiger partial charge in [-0.3, -0.25) is 9.59 Å². The van der Waals surface area contributed by atoms with Crippen LogP contribution in [-0.4, -0.2) is 46.9 Å². The van der Waals surface area contributed by atoms with E-state index >= 15 is 0 Å². The van der Waals surface area contributed by atoms with Gasteiger partial charge in [-0.05, 0) is 0 Å². The summed E-state index contributed by atoms with van der Waals surface area (Å²) >= 11 is 0. The molecule has 0 saturated heterocycles. The normalized spacial score (nSPS) is 13.1. The summed E-state index contributed by atoms with van der Waals surface area (Å²) in [6, 6.07) is 0. The summed E-state index contributed by atoms with van der Waals surface area (Å²) in [4.78, 5) is 31.2. The Bertz CT molecular complexity index is 274. The van der Waals surface area contributed by atoms with Crippen LogP contribution >= 0.6 is 0 Å². The van der Waals surface area contributed by atoms with E-state index in [2.05, 4.69) is 12.7 Å². The minimum absolute atomic E-state index is 0. The molecule has 0 aliphatic rings. The first-order valence-electron chi connectivity index (χ1n) is 3.39. The molecular formula is C6H8BNaO7. The SMILES string of the molecule is [B]OC(=O)CC(O)(CC(=O)O)C(=O)O.[H-].[Na+]. The largest absolute Gasteiger partial charge is 1.00 e. The van der Waals surface area contributed by atoms with E-state index in [1.165, 1.54) is 0 Å². The summed E-state index contributed by atoms with van der Waals surface area (Å²) in [5.74, 6) is -4.60. The van der Waals surface area contributed by atoms with Crippen molar-refractivity contribution < 1.29 is 65.3 Å². The van der Waals surface area contributed by atoms with Crippen LogP contribution in [0.15, 0.2) is 0 Å². The molecule has 0 rings (SSSR count). The van der Waals surface area contributed by atoms with E-state index in [-0.39, 0.29) is 31.0 Å². The van der Waals surface area contributed by atoms with E-state index in [1.54, 1.807) is 0 Å². The summed E-state index contributed by atoms with van der Waals surface area (Å²) in [6.07, 6.45) is -2.14. The van der Waals surface area contributed by atoms with Crippen LogP contribution in [0.5, 0.6) is 0 Å². The average Bonchev–Trinajstić information content (AvgIpc) is 2.02. The van der Waals surface area contributed by atoms with Crippen LogP contribution in [0.3, 0.4) is 0 Å². The predicted octanol–water partition coefficient (Wildman–Crippen LogP) is -4.59. The Balaban J connectivity index is -0.000000845. The quantitative estimate of drug-likeness (QED) is 0.403. The molecule has 0 aromatic rings. The standard InChI is InChI=1S/C6H7BO7.Na.H/c7-14-4(10)2-6(13,5(11)12)1-3(8)9;;/h13H,1-2H2,(H,8,9)(H,11,12);;/q;+1;-1. The molecule has 7 nitrogen and oxygen atoms in total. The number of carbonyl (C=O) groups excluding carboxylic acids is 1. The van der Waals surface area contributed by atoms with Gasteiger partial charge in [-0.15, -0.1) is 0 Å². The average molecular weight is 226 g/mol. The van der Waals surface area contributed by atoms with Crippen LogP contribution in [-0.2, 0) is 19.0 Å². The molecule has 0 aromatic heterocycles. The van der Waals surface area contributed by atoms with Gasteiger partial charge in [0.2, 0.25) is 0 Å². The van der Waals surface area contributed by atoms with Crippen molar-refractivity contribution in [2.24, 2.45) is 0 Å². The minimum Gasteiger partial charge on any atom is -1.00 e. The Kier molecular flexibility index (Phi) is 7.68. The van der Waals surface area contributed by atoms with Crippen LogP contribution in [0.4, 0.5) is 0 Å². The van der Waals surface area contributed by atoms with Crippen molar-refractivity contribution in [1.29, 1.82) is 0 Å². The van der Waals surface area contributed by atoms with Gasteiger partial charge in [0, 0.05) is 0 Å². The predicted molar refractivity (Wildman–Crippen MR) is 42.4 cm³/mol.